The highest BCUT2D eigenvalue weighted by atomic mass is 15.5. The molecule has 0 amide bonds. The molecule has 4 heteroatoms. The number of hydrogen-bond donors (Lipinski definition) is 0. The molecule has 0 aliphatic carbocycles. The van der Waals surface area contributed by atoms with Crippen LogP contribution in [-0.4, -0.2) is 20.0 Å². The van der Waals surface area contributed by atoms with Gasteiger partial charge in [0.2, 0.25) is 0 Å². The van der Waals surface area contributed by atoms with E-state index >= 15 is 0 Å². The van der Waals surface area contributed by atoms with Crippen LogP contribution in [0.15, 0.2) is 219 Å². The van der Waals surface area contributed by atoms with Gasteiger partial charge in [-0.25, -0.2) is 0 Å². The lowest BCUT2D eigenvalue weighted by Crippen LogP contribution is -1.98. The van der Waals surface area contributed by atoms with Gasteiger partial charge in [-0.2, -0.15) is 4.80 Å². The highest BCUT2D eigenvalue weighted by molar-refractivity contribution is 6.25. The molecule has 4 nitrogen and oxygen atoms in total. The van der Waals surface area contributed by atoms with Gasteiger partial charge in [-0.15, -0.1) is 10.2 Å². The molecular formula is C57H36N4. The average molecular weight is 777 g/mol. The van der Waals surface area contributed by atoms with Gasteiger partial charge in [0, 0.05) is 18.0 Å². The van der Waals surface area contributed by atoms with Crippen LogP contribution in [-0.2, 0) is 0 Å². The van der Waals surface area contributed by atoms with Gasteiger partial charge in [-0.3, -0.25) is 4.98 Å². The van der Waals surface area contributed by atoms with Gasteiger partial charge < -0.3 is 0 Å². The van der Waals surface area contributed by atoms with Crippen LogP contribution in [0.2, 0.25) is 0 Å². The molecule has 0 bridgehead atoms. The van der Waals surface area contributed by atoms with E-state index in [9.17, 15) is 0 Å². The Hall–Kier alpha value is -8.21. The maximum atomic E-state index is 5.36. The molecule has 0 atom stereocenters. The van der Waals surface area contributed by atoms with E-state index in [2.05, 4.69) is 205 Å². The van der Waals surface area contributed by atoms with E-state index in [1.54, 1.807) is 11.0 Å². The van der Waals surface area contributed by atoms with E-state index < -0.39 is 0 Å². The van der Waals surface area contributed by atoms with Crippen LogP contribution in [0.5, 0.6) is 0 Å². The average Bonchev–Trinajstić information content (AvgIpc) is 3.78. The Kier molecular flexibility index (Phi) is 8.13. The van der Waals surface area contributed by atoms with Crippen molar-refractivity contribution in [2.24, 2.45) is 0 Å². The summed E-state index contributed by atoms with van der Waals surface area (Å²) in [5, 5.41) is 20.2. The highest BCUT2D eigenvalue weighted by Gasteiger charge is 2.23. The zero-order valence-electron chi connectivity index (χ0n) is 33.1. The molecule has 12 rings (SSSR count). The minimum absolute atomic E-state index is 0.824. The summed E-state index contributed by atoms with van der Waals surface area (Å²) in [6.45, 7) is 0. The molecule has 61 heavy (non-hydrogen) atoms. The van der Waals surface area contributed by atoms with Crippen LogP contribution in [0.4, 0.5) is 0 Å². The normalized spacial score (nSPS) is 11.6. The number of fused-ring (bicyclic) bond motifs is 5. The molecule has 0 radical (unpaired) electrons. The summed E-state index contributed by atoms with van der Waals surface area (Å²) in [6, 6.07) is 73.9. The summed E-state index contributed by atoms with van der Waals surface area (Å²) < 4.78 is 0. The maximum absolute atomic E-state index is 5.36. The van der Waals surface area contributed by atoms with Gasteiger partial charge in [0.15, 0.2) is 0 Å². The first-order chi connectivity index (χ1) is 30.3. The number of aromatic nitrogens is 4. The smallest absolute Gasteiger partial charge is 0.121 e. The van der Waals surface area contributed by atoms with Crippen molar-refractivity contribution in [2.75, 3.05) is 0 Å². The number of pyridine rings is 1. The second-order valence-electron chi connectivity index (χ2n) is 15.6. The van der Waals surface area contributed by atoms with E-state index in [4.69, 9.17) is 10.2 Å². The molecule has 0 unspecified atom stereocenters. The summed E-state index contributed by atoms with van der Waals surface area (Å²) in [4.78, 5) is 6.13. The minimum atomic E-state index is 0.824. The Bertz CT molecular complexity index is 3500. The first-order valence-corrected chi connectivity index (χ1v) is 20.7. The van der Waals surface area contributed by atoms with Crippen molar-refractivity contribution in [3.05, 3.63) is 219 Å². The standard InChI is InChI=1S/C57H36N4/c1-3-16-38(17-4-1)53-43-21-7-9-23-45(43)55(46-24-10-8-22-44(46)53)41-34-51(57-52(35-41)59-61(60-57)42-31-29-37(30-32-42)40-20-15-33-58-36-40)56-49-27-13-11-25-47(49)54(39-18-5-2-6-19-39)48-26-12-14-28-50(48)56/h1-36H. The Labute approximate surface area is 352 Å². The van der Waals surface area contributed by atoms with Crippen molar-refractivity contribution >= 4 is 54.1 Å². The molecule has 0 aliphatic heterocycles. The maximum Gasteiger partial charge on any atom is 0.121 e. The molecule has 0 fully saturated rings. The first-order valence-electron chi connectivity index (χ1n) is 20.7. The van der Waals surface area contributed by atoms with Gasteiger partial charge in [0.25, 0.3) is 0 Å². The van der Waals surface area contributed by atoms with E-state index in [0.29, 0.717) is 0 Å². The van der Waals surface area contributed by atoms with Crippen molar-refractivity contribution in [1.82, 2.24) is 20.0 Å². The largest absolute Gasteiger partial charge is 0.264 e. The molecule has 0 N–H and O–H groups in total. The van der Waals surface area contributed by atoms with E-state index in [0.717, 1.165) is 44.5 Å². The lowest BCUT2D eigenvalue weighted by Gasteiger charge is -2.20. The lowest BCUT2D eigenvalue weighted by atomic mass is 9.83. The van der Waals surface area contributed by atoms with Gasteiger partial charge in [0.05, 0.1) is 5.69 Å². The van der Waals surface area contributed by atoms with Crippen molar-refractivity contribution in [3.63, 3.8) is 0 Å². The molecule has 10 aromatic carbocycles. The van der Waals surface area contributed by atoms with E-state index in [1.807, 2.05) is 12.3 Å². The fourth-order valence-electron chi connectivity index (χ4n) is 9.48. The third-order valence-corrected chi connectivity index (χ3v) is 12.1. The highest BCUT2D eigenvalue weighted by Crippen LogP contribution is 2.48. The number of hydrogen-bond acceptors (Lipinski definition) is 3. The van der Waals surface area contributed by atoms with Crippen LogP contribution in [0.25, 0.3) is 115 Å². The second-order valence-corrected chi connectivity index (χ2v) is 15.6. The topological polar surface area (TPSA) is 43.6 Å². The SMILES string of the molecule is c1ccc(-c2c3ccccc3c(-c3cc(-c4c5ccccc5c(-c5ccccc5)c5ccccc45)c4nn(-c5ccc(-c6cccnc6)cc5)nc4c3)c3ccccc23)cc1. The van der Waals surface area contributed by atoms with Gasteiger partial charge in [-0.05, 0) is 123 Å². The number of benzene rings is 10. The van der Waals surface area contributed by atoms with Crippen LogP contribution in [0.3, 0.4) is 0 Å². The molecule has 0 aliphatic rings. The second kappa shape index (κ2) is 14.3. The molecule has 0 spiro atoms. The van der Waals surface area contributed by atoms with E-state index in [-0.39, 0.29) is 0 Å². The zero-order valence-corrected chi connectivity index (χ0v) is 33.1. The fraction of sp³-hybridized carbons (Fsp3) is 0. The first kappa shape index (κ1) is 34.8. The minimum Gasteiger partial charge on any atom is -0.264 e. The van der Waals surface area contributed by atoms with Gasteiger partial charge in [0.1, 0.15) is 11.0 Å². The fourth-order valence-corrected chi connectivity index (χ4v) is 9.48. The molecule has 2 aromatic heterocycles. The monoisotopic (exact) mass is 776 g/mol. The number of nitrogens with zero attached hydrogens (tertiary/aromatic N) is 4. The van der Waals surface area contributed by atoms with Gasteiger partial charge in [-0.1, -0.05) is 176 Å². The summed E-state index contributed by atoms with van der Waals surface area (Å²) >= 11 is 0. The molecule has 2 heterocycles. The molecule has 0 saturated carbocycles. The predicted octanol–water partition coefficient (Wildman–Crippen LogP) is 14.8. The van der Waals surface area contributed by atoms with Crippen LogP contribution in [0.1, 0.15) is 0 Å². The third kappa shape index (κ3) is 5.72. The van der Waals surface area contributed by atoms with Crippen LogP contribution < -0.4 is 0 Å². The number of rotatable bonds is 6. The summed E-state index contributed by atoms with van der Waals surface area (Å²) in [5.74, 6) is 0. The molecule has 284 valence electrons. The predicted molar refractivity (Wildman–Crippen MR) is 254 cm³/mol. The van der Waals surface area contributed by atoms with Crippen molar-refractivity contribution in [1.29, 1.82) is 0 Å². The van der Waals surface area contributed by atoms with Gasteiger partial charge >= 0.3 is 0 Å². The molecular weight excluding hydrogens is 741 g/mol. The summed E-state index contributed by atoms with van der Waals surface area (Å²) in [6.07, 6.45) is 3.69. The Balaban J connectivity index is 1.19. The zero-order chi connectivity index (χ0) is 40.3. The van der Waals surface area contributed by atoms with E-state index in [1.165, 1.54) is 70.9 Å². The van der Waals surface area contributed by atoms with Crippen molar-refractivity contribution in [2.45, 2.75) is 0 Å². The van der Waals surface area contributed by atoms with Crippen molar-refractivity contribution in [3.8, 4) is 61.3 Å². The third-order valence-electron chi connectivity index (χ3n) is 12.1. The summed E-state index contributed by atoms with van der Waals surface area (Å²) in [7, 11) is 0. The molecule has 12 aromatic rings. The Morgan fingerprint density at radius 3 is 1.20 bits per heavy atom. The summed E-state index contributed by atoms with van der Waals surface area (Å²) in [5.41, 5.74) is 14.0. The Morgan fingerprint density at radius 2 is 0.738 bits per heavy atom. The lowest BCUT2D eigenvalue weighted by molar-refractivity contribution is 0.766. The van der Waals surface area contributed by atoms with Crippen LogP contribution in [0, 0.1) is 0 Å². The van der Waals surface area contributed by atoms with Crippen LogP contribution >= 0.6 is 0 Å². The quantitative estimate of drug-likeness (QED) is 0.158. The Morgan fingerprint density at radius 1 is 0.311 bits per heavy atom. The molecule has 0 saturated heterocycles. The van der Waals surface area contributed by atoms with Crippen molar-refractivity contribution < 1.29 is 0 Å².